The molecule has 0 bridgehead atoms. The number of halogens is 3. The Kier molecular flexibility index (Phi) is 12.6. The molecule has 0 spiro atoms. The molecular weight excluding hydrogens is 553 g/mol. The molecule has 0 aliphatic heterocycles. The largest absolute Gasteiger partial charge is 0.493 e. The number of benzene rings is 3. The highest BCUT2D eigenvalue weighted by Crippen LogP contribution is 2.29. The Morgan fingerprint density at radius 3 is 2.24 bits per heavy atom. The van der Waals surface area contributed by atoms with Crippen molar-refractivity contribution in [3.8, 4) is 11.5 Å². The Morgan fingerprint density at radius 1 is 0.921 bits per heavy atom. The number of methoxy groups -OCH3 is 2. The number of carbonyl (C=O) groups excluding carboxylic acids is 1. The van der Waals surface area contributed by atoms with Gasteiger partial charge in [-0.15, -0.1) is 12.4 Å². The molecule has 11 heteroatoms. The zero-order valence-electron chi connectivity index (χ0n) is 21.1. The number of amides is 1. The quantitative estimate of drug-likeness (QED) is 0.139. The fraction of sp³-hybridized carbons (Fsp3) is 0.296. The van der Waals surface area contributed by atoms with E-state index in [9.17, 15) is 14.9 Å². The Bertz CT molecular complexity index is 1230. The summed E-state index contributed by atoms with van der Waals surface area (Å²) < 4.78 is 10.6. The van der Waals surface area contributed by atoms with Crippen molar-refractivity contribution >= 4 is 52.9 Å². The number of carbonyl (C=O) groups is 1. The summed E-state index contributed by atoms with van der Waals surface area (Å²) in [7, 11) is 3.24. The number of rotatable bonds is 13. The van der Waals surface area contributed by atoms with Crippen LogP contribution in [0.15, 0.2) is 60.7 Å². The Hall–Kier alpha value is -3.04. The molecule has 1 N–H and O–H groups in total. The van der Waals surface area contributed by atoms with Gasteiger partial charge in [0.2, 0.25) is 0 Å². The van der Waals surface area contributed by atoms with E-state index in [1.807, 2.05) is 18.2 Å². The predicted octanol–water partition coefficient (Wildman–Crippen LogP) is 6.60. The molecule has 0 saturated carbocycles. The lowest BCUT2D eigenvalue weighted by Gasteiger charge is -2.23. The van der Waals surface area contributed by atoms with Gasteiger partial charge in [-0.05, 0) is 80.4 Å². The third kappa shape index (κ3) is 8.49. The fourth-order valence-corrected chi connectivity index (χ4v) is 4.12. The van der Waals surface area contributed by atoms with Crippen LogP contribution in [0.2, 0.25) is 10.0 Å². The standard InChI is InChI=1S/C27H29Cl2N3O5.ClH/c1-36-25-13-6-19(17-26(25)37-2)5-3-14-30-15-4-16-31(22-11-12-23(28)24(29)18-22)27(33)20-7-9-21(10-8-20)32(34)35;/h6-13,17-18,30H,3-5,14-16H2,1-2H3;1H. The zero-order valence-corrected chi connectivity index (χ0v) is 23.4. The Morgan fingerprint density at radius 2 is 1.61 bits per heavy atom. The van der Waals surface area contributed by atoms with Gasteiger partial charge in [-0.2, -0.15) is 0 Å². The van der Waals surface area contributed by atoms with Crippen molar-refractivity contribution < 1.29 is 19.2 Å². The molecule has 0 heterocycles. The summed E-state index contributed by atoms with van der Waals surface area (Å²) in [5, 5.41) is 15.1. The smallest absolute Gasteiger partial charge is 0.269 e. The maximum Gasteiger partial charge on any atom is 0.269 e. The topological polar surface area (TPSA) is 93.9 Å². The molecule has 0 fully saturated rings. The summed E-state index contributed by atoms with van der Waals surface area (Å²) in [5.41, 5.74) is 2.04. The molecule has 0 radical (unpaired) electrons. The monoisotopic (exact) mass is 581 g/mol. The fourth-order valence-electron chi connectivity index (χ4n) is 3.82. The molecule has 3 aromatic carbocycles. The van der Waals surface area contributed by atoms with E-state index in [1.165, 1.54) is 29.8 Å². The summed E-state index contributed by atoms with van der Waals surface area (Å²) in [4.78, 5) is 25.3. The third-order valence-corrected chi connectivity index (χ3v) is 6.53. The van der Waals surface area contributed by atoms with E-state index in [1.54, 1.807) is 37.3 Å². The molecule has 3 aromatic rings. The number of nitro benzene ring substituents is 1. The number of nitrogens with one attached hydrogen (secondary N) is 1. The Labute approximate surface area is 238 Å². The van der Waals surface area contributed by atoms with Gasteiger partial charge in [-0.1, -0.05) is 29.3 Å². The van der Waals surface area contributed by atoms with Gasteiger partial charge in [0, 0.05) is 29.9 Å². The van der Waals surface area contributed by atoms with Crippen molar-refractivity contribution in [1.82, 2.24) is 5.32 Å². The van der Waals surface area contributed by atoms with E-state index in [2.05, 4.69) is 5.32 Å². The molecule has 8 nitrogen and oxygen atoms in total. The van der Waals surface area contributed by atoms with Gasteiger partial charge >= 0.3 is 0 Å². The van der Waals surface area contributed by atoms with Crippen LogP contribution in [0, 0.1) is 10.1 Å². The van der Waals surface area contributed by atoms with Crippen molar-refractivity contribution in [2.75, 3.05) is 38.8 Å². The van der Waals surface area contributed by atoms with E-state index >= 15 is 0 Å². The minimum absolute atomic E-state index is 0. The lowest BCUT2D eigenvalue weighted by atomic mass is 10.1. The molecule has 204 valence electrons. The van der Waals surface area contributed by atoms with Crippen LogP contribution in [-0.2, 0) is 6.42 Å². The Balaban J connectivity index is 0.00000507. The molecule has 0 aromatic heterocycles. The van der Waals surface area contributed by atoms with Gasteiger partial charge in [-0.25, -0.2) is 0 Å². The first-order valence-corrected chi connectivity index (χ1v) is 12.5. The lowest BCUT2D eigenvalue weighted by molar-refractivity contribution is -0.384. The maximum atomic E-state index is 13.3. The van der Waals surface area contributed by atoms with Gasteiger partial charge in [0.15, 0.2) is 11.5 Å². The van der Waals surface area contributed by atoms with Crippen LogP contribution in [-0.4, -0.2) is 44.7 Å². The first kappa shape index (κ1) is 31.2. The number of ether oxygens (including phenoxy) is 2. The second-order valence-electron chi connectivity index (χ2n) is 8.26. The summed E-state index contributed by atoms with van der Waals surface area (Å²) in [5.74, 6) is 1.15. The summed E-state index contributed by atoms with van der Waals surface area (Å²) >= 11 is 12.3. The second kappa shape index (κ2) is 15.4. The summed E-state index contributed by atoms with van der Waals surface area (Å²) in [6, 6.07) is 16.5. The van der Waals surface area contributed by atoms with Crippen molar-refractivity contribution in [3.05, 3.63) is 92.0 Å². The first-order valence-electron chi connectivity index (χ1n) is 11.8. The van der Waals surface area contributed by atoms with Crippen molar-refractivity contribution in [1.29, 1.82) is 0 Å². The highest BCUT2D eigenvalue weighted by molar-refractivity contribution is 6.42. The van der Waals surface area contributed by atoms with Crippen LogP contribution in [0.4, 0.5) is 11.4 Å². The highest BCUT2D eigenvalue weighted by Gasteiger charge is 2.19. The van der Waals surface area contributed by atoms with E-state index in [-0.39, 0.29) is 24.0 Å². The molecule has 0 unspecified atom stereocenters. The second-order valence-corrected chi connectivity index (χ2v) is 9.07. The number of aryl methyl sites for hydroxylation is 1. The molecule has 38 heavy (non-hydrogen) atoms. The van der Waals surface area contributed by atoms with Gasteiger partial charge in [0.1, 0.15) is 0 Å². The normalized spacial score (nSPS) is 10.4. The van der Waals surface area contributed by atoms with Crippen LogP contribution >= 0.6 is 35.6 Å². The lowest BCUT2D eigenvalue weighted by Crippen LogP contribution is -2.33. The zero-order chi connectivity index (χ0) is 26.8. The average Bonchev–Trinajstić information content (AvgIpc) is 2.91. The number of hydrogen-bond acceptors (Lipinski definition) is 6. The van der Waals surface area contributed by atoms with Gasteiger partial charge < -0.3 is 19.7 Å². The molecule has 3 rings (SSSR count). The van der Waals surface area contributed by atoms with Gasteiger partial charge in [0.25, 0.3) is 11.6 Å². The molecule has 0 saturated heterocycles. The van der Waals surface area contributed by atoms with Crippen molar-refractivity contribution in [2.45, 2.75) is 19.3 Å². The molecule has 0 aliphatic rings. The van der Waals surface area contributed by atoms with E-state index in [0.29, 0.717) is 52.3 Å². The molecule has 1 amide bonds. The summed E-state index contributed by atoms with van der Waals surface area (Å²) in [6.07, 6.45) is 2.52. The van der Waals surface area contributed by atoms with Crippen LogP contribution in [0.1, 0.15) is 28.8 Å². The molecule has 0 aliphatic carbocycles. The van der Waals surface area contributed by atoms with Crippen LogP contribution in [0.5, 0.6) is 11.5 Å². The van der Waals surface area contributed by atoms with Gasteiger partial charge in [0.05, 0.1) is 29.2 Å². The number of anilines is 1. The minimum Gasteiger partial charge on any atom is -0.493 e. The number of nitrogens with zero attached hydrogens (tertiary/aromatic N) is 2. The number of non-ortho nitro benzene ring substituents is 1. The number of hydrogen-bond donors (Lipinski definition) is 1. The SMILES string of the molecule is COc1ccc(CCCNCCCN(C(=O)c2ccc([N+](=O)[O-])cc2)c2ccc(Cl)c(Cl)c2)cc1OC.Cl. The molecule has 0 atom stereocenters. The van der Waals surface area contributed by atoms with E-state index < -0.39 is 4.92 Å². The molecular formula is C27H30Cl3N3O5. The van der Waals surface area contributed by atoms with E-state index in [4.69, 9.17) is 32.7 Å². The van der Waals surface area contributed by atoms with Crippen molar-refractivity contribution in [3.63, 3.8) is 0 Å². The van der Waals surface area contributed by atoms with Crippen LogP contribution < -0.4 is 19.7 Å². The highest BCUT2D eigenvalue weighted by atomic mass is 35.5. The van der Waals surface area contributed by atoms with Crippen LogP contribution in [0.3, 0.4) is 0 Å². The number of nitro groups is 1. The minimum atomic E-state index is -0.498. The van der Waals surface area contributed by atoms with Gasteiger partial charge in [-0.3, -0.25) is 14.9 Å². The first-order chi connectivity index (χ1) is 17.8. The van der Waals surface area contributed by atoms with Crippen molar-refractivity contribution in [2.24, 2.45) is 0 Å². The maximum absolute atomic E-state index is 13.3. The third-order valence-electron chi connectivity index (χ3n) is 5.79. The average molecular weight is 583 g/mol. The summed E-state index contributed by atoms with van der Waals surface area (Å²) in [6.45, 7) is 1.95. The van der Waals surface area contributed by atoms with E-state index in [0.717, 1.165) is 19.4 Å². The van der Waals surface area contributed by atoms with Crippen LogP contribution in [0.25, 0.3) is 0 Å². The predicted molar refractivity (Wildman–Crippen MR) is 154 cm³/mol.